The van der Waals surface area contributed by atoms with E-state index in [1.807, 2.05) is 6.08 Å². The van der Waals surface area contributed by atoms with Gasteiger partial charge < -0.3 is 20.3 Å². The average molecular weight is 758 g/mol. The molecule has 3 N–H and O–H groups in total. The van der Waals surface area contributed by atoms with E-state index in [0.717, 1.165) is 96.3 Å². The molecule has 0 aliphatic rings. The lowest BCUT2D eigenvalue weighted by atomic mass is 10.1. The zero-order chi connectivity index (χ0) is 39.4. The van der Waals surface area contributed by atoms with Gasteiger partial charge in [-0.05, 0) is 89.9 Å². The van der Waals surface area contributed by atoms with Gasteiger partial charge in [0.1, 0.15) is 0 Å². The number of esters is 1. The minimum Gasteiger partial charge on any atom is -0.466 e. The fourth-order valence-corrected chi connectivity index (χ4v) is 6.48. The van der Waals surface area contributed by atoms with Crippen LogP contribution in [-0.4, -0.2) is 47.4 Å². The Bertz CT molecular complexity index is 926. The number of hydrogen-bond acceptors (Lipinski definition) is 5. The monoisotopic (exact) mass is 758 g/mol. The third kappa shape index (κ3) is 39.5. The standard InChI is InChI=1S/C48H87NO5/c1-3-5-7-9-11-13-15-16-17-18-22-26-30-34-38-42-48(53)54-43-39-35-31-27-23-19-21-25-29-33-37-41-47(52)49-45(44-50)46(51)40-36-32-28-24-20-14-12-10-8-6-4-2/h11,13,16-17,23,27,36,40,45-46,50-51H,3-10,12,14-15,18-22,24-26,28-35,37-39,41-44H2,1-2H3,(H,49,52)/b13-11-,17-16-,27-23-,40-36+. The lowest BCUT2D eigenvalue weighted by Crippen LogP contribution is -2.45. The molecule has 2 unspecified atom stereocenters. The highest BCUT2D eigenvalue weighted by Crippen LogP contribution is 2.13. The Labute approximate surface area is 334 Å². The van der Waals surface area contributed by atoms with Gasteiger partial charge in [-0.1, -0.05) is 165 Å². The molecule has 0 radical (unpaired) electrons. The fraction of sp³-hybridized carbons (Fsp3) is 0.792. The van der Waals surface area contributed by atoms with Crippen molar-refractivity contribution in [1.29, 1.82) is 0 Å². The molecule has 0 aliphatic carbocycles. The van der Waals surface area contributed by atoms with Crippen LogP contribution < -0.4 is 5.32 Å². The lowest BCUT2D eigenvalue weighted by Gasteiger charge is -2.20. The number of aliphatic hydroxyl groups excluding tert-OH is 2. The van der Waals surface area contributed by atoms with E-state index >= 15 is 0 Å². The molecule has 0 aromatic carbocycles. The molecular weight excluding hydrogens is 671 g/mol. The van der Waals surface area contributed by atoms with Gasteiger partial charge in [0.2, 0.25) is 5.91 Å². The Balaban J connectivity index is 3.58. The second-order valence-electron chi connectivity index (χ2n) is 15.4. The van der Waals surface area contributed by atoms with Crippen molar-refractivity contribution in [3.05, 3.63) is 48.6 Å². The summed E-state index contributed by atoms with van der Waals surface area (Å²) in [5.41, 5.74) is 0. The van der Waals surface area contributed by atoms with Crippen LogP contribution in [-0.2, 0) is 14.3 Å². The number of unbranched alkanes of at least 4 members (excludes halogenated alkanes) is 24. The maximum absolute atomic E-state index is 12.4. The number of aliphatic hydroxyl groups is 2. The van der Waals surface area contributed by atoms with Gasteiger partial charge in [-0.15, -0.1) is 0 Å². The molecule has 54 heavy (non-hydrogen) atoms. The summed E-state index contributed by atoms with van der Waals surface area (Å²) in [6.07, 6.45) is 52.4. The summed E-state index contributed by atoms with van der Waals surface area (Å²) in [7, 11) is 0. The topological polar surface area (TPSA) is 95.9 Å². The summed E-state index contributed by atoms with van der Waals surface area (Å²) in [4.78, 5) is 24.3. The number of rotatable bonds is 41. The quantitative estimate of drug-likeness (QED) is 0.0328. The van der Waals surface area contributed by atoms with Gasteiger partial charge in [0.15, 0.2) is 0 Å². The van der Waals surface area contributed by atoms with Crippen molar-refractivity contribution < 1.29 is 24.5 Å². The van der Waals surface area contributed by atoms with Crippen LogP contribution in [0.3, 0.4) is 0 Å². The van der Waals surface area contributed by atoms with Gasteiger partial charge in [-0.2, -0.15) is 0 Å². The molecule has 0 rings (SSSR count). The first-order valence-electron chi connectivity index (χ1n) is 22.9. The highest BCUT2D eigenvalue weighted by molar-refractivity contribution is 5.76. The summed E-state index contributed by atoms with van der Waals surface area (Å²) in [5, 5.41) is 22.9. The first-order chi connectivity index (χ1) is 26.5. The lowest BCUT2D eigenvalue weighted by molar-refractivity contribution is -0.143. The first-order valence-corrected chi connectivity index (χ1v) is 22.9. The van der Waals surface area contributed by atoms with E-state index in [9.17, 15) is 19.8 Å². The van der Waals surface area contributed by atoms with E-state index in [1.165, 1.54) is 96.3 Å². The van der Waals surface area contributed by atoms with E-state index in [1.54, 1.807) is 6.08 Å². The van der Waals surface area contributed by atoms with E-state index in [2.05, 4.69) is 55.6 Å². The third-order valence-electron chi connectivity index (χ3n) is 10.1. The largest absolute Gasteiger partial charge is 0.466 e. The molecule has 0 aliphatic heterocycles. The van der Waals surface area contributed by atoms with Crippen LogP contribution in [0.4, 0.5) is 0 Å². The Morgan fingerprint density at radius 3 is 1.46 bits per heavy atom. The number of nitrogens with one attached hydrogen (secondary N) is 1. The van der Waals surface area contributed by atoms with Crippen molar-refractivity contribution in [3.63, 3.8) is 0 Å². The molecule has 0 saturated heterocycles. The molecule has 0 bridgehead atoms. The fourth-order valence-electron chi connectivity index (χ4n) is 6.48. The van der Waals surface area contributed by atoms with Crippen LogP contribution >= 0.6 is 0 Å². The van der Waals surface area contributed by atoms with Crippen molar-refractivity contribution in [2.45, 2.75) is 231 Å². The van der Waals surface area contributed by atoms with Crippen LogP contribution in [0.1, 0.15) is 219 Å². The van der Waals surface area contributed by atoms with Gasteiger partial charge in [0.25, 0.3) is 0 Å². The van der Waals surface area contributed by atoms with Crippen molar-refractivity contribution >= 4 is 11.9 Å². The van der Waals surface area contributed by atoms with Crippen LogP contribution in [0.5, 0.6) is 0 Å². The Morgan fingerprint density at radius 1 is 0.519 bits per heavy atom. The normalized spacial score (nSPS) is 13.2. The average Bonchev–Trinajstić information content (AvgIpc) is 3.17. The van der Waals surface area contributed by atoms with Gasteiger partial charge in [0, 0.05) is 12.8 Å². The smallest absolute Gasteiger partial charge is 0.305 e. The van der Waals surface area contributed by atoms with Crippen molar-refractivity contribution in [1.82, 2.24) is 5.32 Å². The highest BCUT2D eigenvalue weighted by atomic mass is 16.5. The second kappa shape index (κ2) is 43.5. The van der Waals surface area contributed by atoms with Gasteiger partial charge in [0.05, 0.1) is 25.4 Å². The molecule has 0 fully saturated rings. The summed E-state index contributed by atoms with van der Waals surface area (Å²) in [6.45, 7) is 4.75. The van der Waals surface area contributed by atoms with Gasteiger partial charge in [-0.3, -0.25) is 9.59 Å². The first kappa shape index (κ1) is 51.8. The predicted molar refractivity (Wildman–Crippen MR) is 232 cm³/mol. The summed E-state index contributed by atoms with van der Waals surface area (Å²) in [5.74, 6) is -0.150. The van der Waals surface area contributed by atoms with E-state index < -0.39 is 12.1 Å². The SMILES string of the molecule is CCCCC/C=C\C/C=C\CCCCCCCC(=O)OCCCC/C=C\CCCCCCCC(=O)NC(CO)C(O)/C=C/CCCCCCCCCCC. The third-order valence-corrected chi connectivity index (χ3v) is 10.1. The molecule has 1 amide bonds. The Kier molecular flexibility index (Phi) is 41.8. The van der Waals surface area contributed by atoms with Crippen molar-refractivity contribution in [3.8, 4) is 0 Å². The minimum absolute atomic E-state index is 0.0487. The number of amides is 1. The molecule has 0 aromatic heterocycles. The van der Waals surface area contributed by atoms with Crippen molar-refractivity contribution in [2.75, 3.05) is 13.2 Å². The van der Waals surface area contributed by atoms with Gasteiger partial charge >= 0.3 is 5.97 Å². The number of ether oxygens (including phenoxy) is 1. The second-order valence-corrected chi connectivity index (χ2v) is 15.4. The van der Waals surface area contributed by atoms with Crippen LogP contribution in [0.15, 0.2) is 48.6 Å². The summed E-state index contributed by atoms with van der Waals surface area (Å²) >= 11 is 0. The molecule has 6 heteroatoms. The molecular formula is C48H87NO5. The number of allylic oxidation sites excluding steroid dienone is 7. The number of carbonyl (C=O) groups is 2. The minimum atomic E-state index is -0.862. The van der Waals surface area contributed by atoms with E-state index in [4.69, 9.17) is 4.74 Å². The molecule has 2 atom stereocenters. The summed E-state index contributed by atoms with van der Waals surface area (Å²) < 4.78 is 5.41. The van der Waals surface area contributed by atoms with Crippen molar-refractivity contribution in [2.24, 2.45) is 0 Å². The zero-order valence-electron chi connectivity index (χ0n) is 35.4. The van der Waals surface area contributed by atoms with E-state index in [-0.39, 0.29) is 18.5 Å². The molecule has 0 heterocycles. The maximum Gasteiger partial charge on any atom is 0.305 e. The highest BCUT2D eigenvalue weighted by Gasteiger charge is 2.18. The summed E-state index contributed by atoms with van der Waals surface area (Å²) in [6, 6.07) is -0.649. The molecule has 6 nitrogen and oxygen atoms in total. The Morgan fingerprint density at radius 2 is 0.926 bits per heavy atom. The molecule has 0 spiro atoms. The van der Waals surface area contributed by atoms with Crippen LogP contribution in [0, 0.1) is 0 Å². The molecule has 0 saturated carbocycles. The zero-order valence-corrected chi connectivity index (χ0v) is 35.4. The van der Waals surface area contributed by atoms with Crippen LogP contribution in [0.25, 0.3) is 0 Å². The number of carbonyl (C=O) groups excluding carboxylic acids is 2. The Hall–Kier alpha value is -2.18. The maximum atomic E-state index is 12.4. The molecule has 0 aromatic rings. The van der Waals surface area contributed by atoms with Crippen LogP contribution in [0.2, 0.25) is 0 Å². The number of hydrogen-bond donors (Lipinski definition) is 3. The van der Waals surface area contributed by atoms with E-state index in [0.29, 0.717) is 19.4 Å². The predicted octanol–water partition coefficient (Wildman–Crippen LogP) is 13.1. The van der Waals surface area contributed by atoms with Gasteiger partial charge in [-0.25, -0.2) is 0 Å². The molecule has 314 valence electrons.